The Kier molecular flexibility index (Phi) is 4.17. The molecule has 0 amide bonds. The lowest BCUT2D eigenvalue weighted by atomic mass is 10.2. The molecule has 6 heteroatoms. The minimum Gasteiger partial charge on any atom is -0.483 e. The van der Waals surface area contributed by atoms with Crippen LogP contribution in [0.15, 0.2) is 41.3 Å². The number of rotatable bonds is 5. The predicted octanol–water partition coefficient (Wildman–Crippen LogP) is 1.14. The highest BCUT2D eigenvalue weighted by Crippen LogP contribution is 2.14. The van der Waals surface area contributed by atoms with E-state index in [0.717, 1.165) is 11.8 Å². The van der Waals surface area contributed by atoms with E-state index in [9.17, 15) is 14.7 Å². The Balaban J connectivity index is 2.32. The quantitative estimate of drug-likeness (QED) is 0.760. The summed E-state index contributed by atoms with van der Waals surface area (Å²) < 4.78 is 5.37. The molecule has 0 spiro atoms. The van der Waals surface area contributed by atoms with E-state index < -0.39 is 23.6 Å². The number of aliphatic hydroxyl groups excluding tert-OH is 1. The number of hydrogen-bond acceptors (Lipinski definition) is 4. The molecule has 0 bridgehead atoms. The number of aliphatic hydroxyl groups is 1. The molecule has 20 heavy (non-hydrogen) atoms. The molecular formula is C14H13NO5. The number of nitrogens with one attached hydrogen (secondary N) is 1. The van der Waals surface area contributed by atoms with Crippen molar-refractivity contribution in [3.63, 3.8) is 0 Å². The van der Waals surface area contributed by atoms with Gasteiger partial charge in [-0.15, -0.1) is 0 Å². The van der Waals surface area contributed by atoms with E-state index >= 15 is 0 Å². The number of H-pyrrole nitrogens is 1. The Bertz CT molecular complexity index is 663. The normalized spacial score (nSPS) is 10.2. The summed E-state index contributed by atoms with van der Waals surface area (Å²) in [6, 6.07) is 9.12. The summed E-state index contributed by atoms with van der Waals surface area (Å²) in [6.45, 7) is -0.334. The van der Waals surface area contributed by atoms with Crippen molar-refractivity contribution in [2.45, 2.75) is 13.2 Å². The predicted molar refractivity (Wildman–Crippen MR) is 70.7 cm³/mol. The number of carbonyl (C=O) groups is 1. The summed E-state index contributed by atoms with van der Waals surface area (Å²) in [7, 11) is 0. The molecule has 0 saturated carbocycles. The Hall–Kier alpha value is -2.60. The van der Waals surface area contributed by atoms with Crippen LogP contribution in [-0.4, -0.2) is 21.2 Å². The van der Waals surface area contributed by atoms with Crippen LogP contribution in [0.2, 0.25) is 0 Å². The zero-order valence-electron chi connectivity index (χ0n) is 10.5. The number of benzene rings is 1. The molecule has 0 aliphatic rings. The Morgan fingerprint density at radius 1 is 1.25 bits per heavy atom. The van der Waals surface area contributed by atoms with Gasteiger partial charge in [-0.25, -0.2) is 4.79 Å². The third-order valence-electron chi connectivity index (χ3n) is 2.73. The van der Waals surface area contributed by atoms with Crippen molar-refractivity contribution in [1.29, 1.82) is 0 Å². The highest BCUT2D eigenvalue weighted by atomic mass is 16.5. The summed E-state index contributed by atoms with van der Waals surface area (Å²) in [5.41, 5.74) is -0.200. The highest BCUT2D eigenvalue weighted by molar-refractivity contribution is 5.87. The molecule has 1 heterocycles. The minimum absolute atomic E-state index is 0.111. The molecule has 0 atom stereocenters. The van der Waals surface area contributed by atoms with Gasteiger partial charge in [0, 0.05) is 6.20 Å². The molecule has 1 aromatic heterocycles. The average Bonchev–Trinajstić information content (AvgIpc) is 2.46. The maximum Gasteiger partial charge on any atom is 0.341 e. The smallest absolute Gasteiger partial charge is 0.341 e. The molecule has 0 radical (unpaired) electrons. The van der Waals surface area contributed by atoms with E-state index in [1.54, 1.807) is 0 Å². The Morgan fingerprint density at radius 2 is 1.95 bits per heavy atom. The third kappa shape index (κ3) is 2.86. The van der Waals surface area contributed by atoms with Gasteiger partial charge >= 0.3 is 5.97 Å². The van der Waals surface area contributed by atoms with Crippen LogP contribution in [0.25, 0.3) is 0 Å². The molecule has 0 unspecified atom stereocenters. The monoisotopic (exact) mass is 275 g/mol. The Labute approximate surface area is 114 Å². The van der Waals surface area contributed by atoms with Gasteiger partial charge in [0.2, 0.25) is 5.43 Å². The van der Waals surface area contributed by atoms with Gasteiger partial charge in [-0.1, -0.05) is 30.3 Å². The van der Waals surface area contributed by atoms with Crippen LogP contribution in [0.4, 0.5) is 0 Å². The van der Waals surface area contributed by atoms with Crippen LogP contribution >= 0.6 is 0 Å². The number of hydrogen-bond donors (Lipinski definition) is 3. The van der Waals surface area contributed by atoms with Crippen molar-refractivity contribution in [3.05, 3.63) is 63.6 Å². The number of ether oxygens (including phenoxy) is 1. The third-order valence-corrected chi connectivity index (χ3v) is 2.73. The second kappa shape index (κ2) is 6.03. The standard InChI is InChI=1S/C14H13NO5/c16-7-11-13(12(17)10(6-15-11)14(18)19)20-8-9-4-2-1-3-5-9/h1-6,16H,7-8H2,(H,15,17)(H,18,19). The molecule has 0 saturated heterocycles. The topological polar surface area (TPSA) is 99.6 Å². The van der Waals surface area contributed by atoms with Crippen LogP contribution in [0.3, 0.4) is 0 Å². The van der Waals surface area contributed by atoms with Crippen LogP contribution in [0, 0.1) is 0 Å². The number of aromatic nitrogens is 1. The molecule has 0 aliphatic carbocycles. The van der Waals surface area contributed by atoms with E-state index in [-0.39, 0.29) is 18.1 Å². The van der Waals surface area contributed by atoms with E-state index in [1.807, 2.05) is 30.3 Å². The molecule has 0 aliphatic heterocycles. The maximum atomic E-state index is 12.0. The lowest BCUT2D eigenvalue weighted by Gasteiger charge is -2.10. The number of carboxylic acids is 1. The van der Waals surface area contributed by atoms with Crippen molar-refractivity contribution in [2.75, 3.05) is 0 Å². The maximum absolute atomic E-state index is 12.0. The fraction of sp³-hybridized carbons (Fsp3) is 0.143. The van der Waals surface area contributed by atoms with Crippen molar-refractivity contribution < 1.29 is 19.7 Å². The number of aromatic carboxylic acids is 1. The summed E-state index contributed by atoms with van der Waals surface area (Å²) >= 11 is 0. The molecule has 2 aromatic rings. The van der Waals surface area contributed by atoms with Gasteiger partial charge in [-0.3, -0.25) is 4.79 Å². The van der Waals surface area contributed by atoms with E-state index in [2.05, 4.69) is 4.98 Å². The summed E-state index contributed by atoms with van der Waals surface area (Å²) in [5, 5.41) is 18.1. The van der Waals surface area contributed by atoms with Crippen LogP contribution in [0.1, 0.15) is 21.6 Å². The van der Waals surface area contributed by atoms with E-state index in [1.165, 1.54) is 0 Å². The molecule has 104 valence electrons. The van der Waals surface area contributed by atoms with Crippen molar-refractivity contribution in [1.82, 2.24) is 4.98 Å². The number of carboxylic acid groups (broad SMARTS) is 1. The lowest BCUT2D eigenvalue weighted by Crippen LogP contribution is -2.20. The van der Waals surface area contributed by atoms with Crippen LogP contribution in [0.5, 0.6) is 5.75 Å². The van der Waals surface area contributed by atoms with Gasteiger partial charge < -0.3 is 19.9 Å². The van der Waals surface area contributed by atoms with Gasteiger partial charge in [-0.2, -0.15) is 0 Å². The van der Waals surface area contributed by atoms with Crippen LogP contribution < -0.4 is 10.2 Å². The lowest BCUT2D eigenvalue weighted by molar-refractivity contribution is 0.0694. The van der Waals surface area contributed by atoms with Gasteiger partial charge in [0.15, 0.2) is 5.75 Å². The zero-order chi connectivity index (χ0) is 14.5. The summed E-state index contributed by atoms with van der Waals surface area (Å²) in [6.07, 6.45) is 1.05. The number of aromatic amines is 1. The molecule has 1 aromatic carbocycles. The van der Waals surface area contributed by atoms with Crippen LogP contribution in [-0.2, 0) is 13.2 Å². The van der Waals surface area contributed by atoms with Crippen molar-refractivity contribution >= 4 is 5.97 Å². The van der Waals surface area contributed by atoms with Gasteiger partial charge in [0.05, 0.1) is 12.3 Å². The fourth-order valence-electron chi connectivity index (χ4n) is 1.71. The van der Waals surface area contributed by atoms with E-state index in [4.69, 9.17) is 9.84 Å². The highest BCUT2D eigenvalue weighted by Gasteiger charge is 2.17. The van der Waals surface area contributed by atoms with Gasteiger partial charge in [0.1, 0.15) is 12.2 Å². The first kappa shape index (κ1) is 13.8. The van der Waals surface area contributed by atoms with E-state index in [0.29, 0.717) is 0 Å². The first-order chi connectivity index (χ1) is 9.63. The first-order valence-corrected chi connectivity index (χ1v) is 5.89. The fourth-order valence-corrected chi connectivity index (χ4v) is 1.71. The largest absolute Gasteiger partial charge is 0.483 e. The number of pyridine rings is 1. The molecule has 3 N–H and O–H groups in total. The Morgan fingerprint density at radius 3 is 2.55 bits per heavy atom. The molecular weight excluding hydrogens is 262 g/mol. The van der Waals surface area contributed by atoms with Crippen molar-refractivity contribution in [2.24, 2.45) is 0 Å². The van der Waals surface area contributed by atoms with Gasteiger partial charge in [-0.05, 0) is 5.56 Å². The summed E-state index contributed by atoms with van der Waals surface area (Å²) in [4.78, 5) is 25.4. The van der Waals surface area contributed by atoms with Crippen molar-refractivity contribution in [3.8, 4) is 5.75 Å². The molecule has 0 fully saturated rings. The molecule has 6 nitrogen and oxygen atoms in total. The first-order valence-electron chi connectivity index (χ1n) is 5.89. The second-order valence-electron chi connectivity index (χ2n) is 4.08. The van der Waals surface area contributed by atoms with Gasteiger partial charge in [0.25, 0.3) is 0 Å². The molecule has 2 rings (SSSR count). The zero-order valence-corrected chi connectivity index (χ0v) is 10.5. The SMILES string of the molecule is O=C(O)c1c[nH]c(CO)c(OCc2ccccc2)c1=O. The second-order valence-corrected chi connectivity index (χ2v) is 4.08. The average molecular weight is 275 g/mol. The summed E-state index contributed by atoms with van der Waals surface area (Å²) in [5.74, 6) is -1.52. The minimum atomic E-state index is -1.35.